The Morgan fingerprint density at radius 2 is 2.21 bits per heavy atom. The fraction of sp³-hybridized carbons (Fsp3) is 0.533. The quantitative estimate of drug-likeness (QED) is 0.803. The van der Waals surface area contributed by atoms with Gasteiger partial charge >= 0.3 is 0 Å². The van der Waals surface area contributed by atoms with Gasteiger partial charge < -0.3 is 15.2 Å². The predicted octanol–water partition coefficient (Wildman–Crippen LogP) is 2.84. The van der Waals surface area contributed by atoms with E-state index in [1.54, 1.807) is 12.1 Å². The molecule has 0 unspecified atom stereocenters. The number of rotatable bonds is 5. The average molecular weight is 263 g/mol. The van der Waals surface area contributed by atoms with Gasteiger partial charge in [-0.1, -0.05) is 6.07 Å². The lowest BCUT2D eigenvalue weighted by Crippen LogP contribution is -2.33. The van der Waals surface area contributed by atoms with E-state index in [4.69, 9.17) is 4.74 Å². The third-order valence-corrected chi connectivity index (χ3v) is 3.50. The molecule has 0 saturated heterocycles. The van der Waals surface area contributed by atoms with E-state index in [1.165, 1.54) is 0 Å². The Morgan fingerprint density at radius 1 is 1.47 bits per heavy atom. The zero-order valence-corrected chi connectivity index (χ0v) is 11.5. The van der Waals surface area contributed by atoms with E-state index >= 15 is 0 Å². The molecule has 1 saturated carbocycles. The van der Waals surface area contributed by atoms with E-state index in [9.17, 15) is 9.90 Å². The first-order chi connectivity index (χ1) is 9.08. The number of amides is 1. The van der Waals surface area contributed by atoms with Crippen molar-refractivity contribution in [3.8, 4) is 5.75 Å². The van der Waals surface area contributed by atoms with Crippen molar-refractivity contribution < 1.29 is 14.6 Å². The Bertz CT molecular complexity index is 453. The predicted molar refractivity (Wildman–Crippen MR) is 74.2 cm³/mol. The van der Waals surface area contributed by atoms with Crippen LogP contribution in [-0.2, 0) is 9.53 Å². The van der Waals surface area contributed by atoms with Gasteiger partial charge in [0.15, 0.2) is 0 Å². The Hall–Kier alpha value is -1.55. The van der Waals surface area contributed by atoms with E-state index in [0.29, 0.717) is 24.1 Å². The third-order valence-electron chi connectivity index (χ3n) is 3.50. The van der Waals surface area contributed by atoms with Crippen molar-refractivity contribution in [3.63, 3.8) is 0 Å². The first kappa shape index (κ1) is 13.9. The molecule has 0 radical (unpaired) electrons. The van der Waals surface area contributed by atoms with Gasteiger partial charge in [-0.15, -0.1) is 0 Å². The highest BCUT2D eigenvalue weighted by atomic mass is 16.5. The summed E-state index contributed by atoms with van der Waals surface area (Å²) >= 11 is 0. The Labute approximate surface area is 113 Å². The summed E-state index contributed by atoms with van der Waals surface area (Å²) in [7, 11) is 0. The second-order valence-electron chi connectivity index (χ2n) is 5.19. The molecular weight excluding hydrogens is 242 g/mol. The number of aryl methyl sites for hydroxylation is 1. The van der Waals surface area contributed by atoms with E-state index in [1.807, 2.05) is 19.9 Å². The first-order valence-corrected chi connectivity index (χ1v) is 6.79. The minimum absolute atomic E-state index is 0.0425. The van der Waals surface area contributed by atoms with E-state index in [0.717, 1.165) is 25.0 Å². The molecule has 0 bridgehead atoms. The van der Waals surface area contributed by atoms with Crippen molar-refractivity contribution in [2.45, 2.75) is 39.2 Å². The fourth-order valence-electron chi connectivity index (χ4n) is 2.42. The van der Waals surface area contributed by atoms with E-state index in [-0.39, 0.29) is 11.7 Å². The van der Waals surface area contributed by atoms with Gasteiger partial charge in [-0.25, -0.2) is 0 Å². The molecule has 4 nitrogen and oxygen atoms in total. The molecule has 2 N–H and O–H groups in total. The average Bonchev–Trinajstić information content (AvgIpc) is 2.30. The summed E-state index contributed by atoms with van der Waals surface area (Å²) in [6.07, 6.45) is 2.75. The van der Waals surface area contributed by atoms with Crippen LogP contribution in [0.25, 0.3) is 0 Å². The van der Waals surface area contributed by atoms with Crippen LogP contribution in [0.5, 0.6) is 5.75 Å². The Kier molecular flexibility index (Phi) is 4.43. The normalized spacial score (nSPS) is 21.8. The highest BCUT2D eigenvalue weighted by Gasteiger charge is 2.31. The molecule has 0 aliphatic heterocycles. The number of carbonyl (C=O) groups excluding carboxylic acids is 1. The molecule has 1 aromatic rings. The second-order valence-corrected chi connectivity index (χ2v) is 5.19. The smallest absolute Gasteiger partial charge is 0.224 e. The topological polar surface area (TPSA) is 58.6 Å². The van der Waals surface area contributed by atoms with Gasteiger partial charge in [0.2, 0.25) is 5.91 Å². The molecule has 1 aromatic carbocycles. The van der Waals surface area contributed by atoms with Gasteiger partial charge in [0, 0.05) is 13.0 Å². The van der Waals surface area contributed by atoms with Crippen LogP contribution in [0.1, 0.15) is 31.7 Å². The summed E-state index contributed by atoms with van der Waals surface area (Å²) in [5.41, 5.74) is 1.45. The van der Waals surface area contributed by atoms with Crippen molar-refractivity contribution >= 4 is 11.6 Å². The first-order valence-electron chi connectivity index (χ1n) is 6.79. The maximum absolute atomic E-state index is 11.9. The van der Waals surface area contributed by atoms with Crippen molar-refractivity contribution in [3.05, 3.63) is 23.8 Å². The minimum atomic E-state index is -0.0425. The number of hydrogen-bond donors (Lipinski definition) is 2. The zero-order chi connectivity index (χ0) is 13.8. The lowest BCUT2D eigenvalue weighted by molar-refractivity contribution is -0.119. The third kappa shape index (κ3) is 3.70. The molecule has 1 fully saturated rings. The minimum Gasteiger partial charge on any atom is -0.506 e. The summed E-state index contributed by atoms with van der Waals surface area (Å²) in [5, 5.41) is 12.5. The van der Waals surface area contributed by atoms with Gasteiger partial charge in [-0.05, 0) is 50.3 Å². The van der Waals surface area contributed by atoms with Crippen LogP contribution in [0.15, 0.2) is 18.2 Å². The number of nitrogens with one attached hydrogen (secondary N) is 1. The van der Waals surface area contributed by atoms with Crippen molar-refractivity contribution in [2.75, 3.05) is 11.9 Å². The number of phenolic OH excluding ortho intramolecular Hbond substituents is 1. The SMILES string of the molecule is CCOC1CC(CC(=O)Nc2ccc(C)cc2O)C1. The number of anilines is 1. The molecule has 19 heavy (non-hydrogen) atoms. The molecule has 0 heterocycles. The number of aromatic hydroxyl groups is 1. The summed E-state index contributed by atoms with van der Waals surface area (Å²) < 4.78 is 5.47. The molecule has 104 valence electrons. The van der Waals surface area contributed by atoms with Crippen LogP contribution in [0.2, 0.25) is 0 Å². The van der Waals surface area contributed by atoms with Crippen molar-refractivity contribution in [1.29, 1.82) is 0 Å². The molecule has 1 aliphatic carbocycles. The summed E-state index contributed by atoms with van der Waals surface area (Å²) in [4.78, 5) is 11.9. The van der Waals surface area contributed by atoms with Crippen LogP contribution in [0.4, 0.5) is 5.69 Å². The van der Waals surface area contributed by atoms with E-state index < -0.39 is 0 Å². The van der Waals surface area contributed by atoms with Crippen LogP contribution < -0.4 is 5.32 Å². The summed E-state index contributed by atoms with van der Waals surface area (Å²) in [5.74, 6) is 0.484. The van der Waals surface area contributed by atoms with Crippen LogP contribution in [-0.4, -0.2) is 23.7 Å². The van der Waals surface area contributed by atoms with Crippen LogP contribution in [0.3, 0.4) is 0 Å². The van der Waals surface area contributed by atoms with Crippen LogP contribution >= 0.6 is 0 Å². The molecule has 0 aromatic heterocycles. The summed E-state index contributed by atoms with van der Waals surface area (Å²) in [6, 6.07) is 5.24. The lowest BCUT2D eigenvalue weighted by Gasteiger charge is -2.34. The van der Waals surface area contributed by atoms with Gasteiger partial charge in [-0.2, -0.15) is 0 Å². The van der Waals surface area contributed by atoms with Crippen molar-refractivity contribution in [2.24, 2.45) is 5.92 Å². The largest absolute Gasteiger partial charge is 0.506 e. The van der Waals surface area contributed by atoms with Gasteiger partial charge in [0.25, 0.3) is 0 Å². The van der Waals surface area contributed by atoms with Gasteiger partial charge in [0.1, 0.15) is 5.75 Å². The standard InChI is InChI=1S/C15H21NO3/c1-3-19-12-7-11(8-12)9-15(18)16-13-5-4-10(2)6-14(13)17/h4-6,11-12,17H,3,7-9H2,1-2H3,(H,16,18). The molecule has 1 aliphatic rings. The number of benzene rings is 1. The van der Waals surface area contributed by atoms with Gasteiger partial charge in [0.05, 0.1) is 11.8 Å². The molecule has 2 rings (SSSR count). The molecule has 1 amide bonds. The maximum atomic E-state index is 11.9. The molecular formula is C15H21NO3. The Balaban J connectivity index is 1.79. The second kappa shape index (κ2) is 6.06. The molecule has 4 heteroatoms. The highest BCUT2D eigenvalue weighted by Crippen LogP contribution is 2.33. The molecule has 0 atom stereocenters. The lowest BCUT2D eigenvalue weighted by atomic mass is 9.80. The highest BCUT2D eigenvalue weighted by molar-refractivity contribution is 5.92. The fourth-order valence-corrected chi connectivity index (χ4v) is 2.42. The number of hydrogen-bond acceptors (Lipinski definition) is 3. The number of carbonyl (C=O) groups is 1. The monoisotopic (exact) mass is 263 g/mol. The number of ether oxygens (including phenoxy) is 1. The summed E-state index contributed by atoms with van der Waals surface area (Å²) in [6.45, 7) is 4.62. The molecule has 0 spiro atoms. The van der Waals surface area contributed by atoms with Gasteiger partial charge in [-0.3, -0.25) is 4.79 Å². The number of phenols is 1. The van der Waals surface area contributed by atoms with E-state index in [2.05, 4.69) is 5.32 Å². The zero-order valence-electron chi connectivity index (χ0n) is 11.5. The van der Waals surface area contributed by atoms with Crippen LogP contribution in [0, 0.1) is 12.8 Å². The Morgan fingerprint density at radius 3 is 2.84 bits per heavy atom. The maximum Gasteiger partial charge on any atom is 0.224 e. The van der Waals surface area contributed by atoms with Crippen molar-refractivity contribution in [1.82, 2.24) is 0 Å².